The SMILES string of the molecule is Cc1cccn2c(=O)cc(CN3CC4(CCCCC4)CC3=O)nc12. The van der Waals surface area contributed by atoms with Crippen LogP contribution in [0.3, 0.4) is 0 Å². The highest BCUT2D eigenvalue weighted by atomic mass is 16.2. The predicted molar refractivity (Wildman–Crippen MR) is 91.8 cm³/mol. The van der Waals surface area contributed by atoms with Crippen LogP contribution in [0.25, 0.3) is 5.65 Å². The van der Waals surface area contributed by atoms with Crippen LogP contribution < -0.4 is 5.56 Å². The number of carbonyl (C=O) groups excluding carboxylic acids is 1. The Hall–Kier alpha value is -2.17. The summed E-state index contributed by atoms with van der Waals surface area (Å²) in [6.45, 7) is 3.21. The molecule has 0 radical (unpaired) electrons. The summed E-state index contributed by atoms with van der Waals surface area (Å²) in [6, 6.07) is 5.36. The lowest BCUT2D eigenvalue weighted by Crippen LogP contribution is -2.30. The number of aromatic nitrogens is 2. The standard InChI is InChI=1S/C19H23N3O2/c1-14-6-5-9-22-16(23)10-15(20-18(14)22)12-21-13-19(11-17(21)24)7-3-2-4-8-19/h5-6,9-10H,2-4,7-8,11-13H2,1H3. The van der Waals surface area contributed by atoms with Crippen molar-refractivity contribution in [1.29, 1.82) is 0 Å². The monoisotopic (exact) mass is 325 g/mol. The van der Waals surface area contributed by atoms with E-state index in [1.165, 1.54) is 19.3 Å². The Kier molecular flexibility index (Phi) is 3.66. The summed E-state index contributed by atoms with van der Waals surface area (Å²) in [5, 5.41) is 0. The number of aryl methyl sites for hydroxylation is 1. The normalized spacial score (nSPS) is 20.2. The molecule has 1 amide bonds. The van der Waals surface area contributed by atoms with Crippen LogP contribution in [0.15, 0.2) is 29.2 Å². The van der Waals surface area contributed by atoms with E-state index in [0.29, 0.717) is 24.3 Å². The first-order valence-electron chi connectivity index (χ1n) is 8.82. The molecule has 1 saturated heterocycles. The molecule has 0 N–H and O–H groups in total. The van der Waals surface area contributed by atoms with Crippen LogP contribution >= 0.6 is 0 Å². The highest BCUT2D eigenvalue weighted by molar-refractivity contribution is 5.79. The lowest BCUT2D eigenvalue weighted by Gasteiger charge is -2.32. The third-order valence-electron chi connectivity index (χ3n) is 5.61. The molecule has 0 bridgehead atoms. The van der Waals surface area contributed by atoms with Gasteiger partial charge in [-0.25, -0.2) is 4.98 Å². The summed E-state index contributed by atoms with van der Waals surface area (Å²) in [5.74, 6) is 0.212. The Labute approximate surface area is 141 Å². The van der Waals surface area contributed by atoms with Gasteiger partial charge in [0, 0.05) is 25.2 Å². The van der Waals surface area contributed by atoms with Gasteiger partial charge in [-0.05, 0) is 36.8 Å². The number of nitrogens with zero attached hydrogens (tertiary/aromatic N) is 3. The molecular weight excluding hydrogens is 302 g/mol. The van der Waals surface area contributed by atoms with Gasteiger partial charge in [-0.2, -0.15) is 0 Å². The predicted octanol–water partition coefficient (Wildman–Crippen LogP) is 2.69. The van der Waals surface area contributed by atoms with Crippen LogP contribution in [0.1, 0.15) is 49.8 Å². The number of hydrogen-bond acceptors (Lipinski definition) is 3. The Bertz CT molecular complexity index is 849. The first kappa shape index (κ1) is 15.4. The van der Waals surface area contributed by atoms with E-state index in [1.54, 1.807) is 16.7 Å². The maximum absolute atomic E-state index is 12.5. The van der Waals surface area contributed by atoms with Gasteiger partial charge < -0.3 is 4.90 Å². The van der Waals surface area contributed by atoms with Crippen molar-refractivity contribution in [3.05, 3.63) is 46.0 Å². The average Bonchev–Trinajstić information content (AvgIpc) is 2.84. The van der Waals surface area contributed by atoms with Gasteiger partial charge in [0.15, 0.2) is 0 Å². The van der Waals surface area contributed by atoms with E-state index in [4.69, 9.17) is 0 Å². The van der Waals surface area contributed by atoms with Crippen molar-refractivity contribution in [1.82, 2.24) is 14.3 Å². The fourth-order valence-electron chi connectivity index (χ4n) is 4.35. The molecule has 2 aromatic rings. The first-order chi connectivity index (χ1) is 11.6. The van der Waals surface area contributed by atoms with Gasteiger partial charge >= 0.3 is 0 Å². The second-order valence-corrected chi connectivity index (χ2v) is 7.46. The summed E-state index contributed by atoms with van der Waals surface area (Å²) < 4.78 is 1.56. The molecule has 5 nitrogen and oxygen atoms in total. The van der Waals surface area contributed by atoms with E-state index in [2.05, 4.69) is 4.98 Å². The molecule has 3 heterocycles. The number of likely N-dealkylation sites (tertiary alicyclic amines) is 1. The molecule has 4 rings (SSSR count). The number of hydrogen-bond donors (Lipinski definition) is 0. The molecule has 0 aromatic carbocycles. The molecule has 2 aromatic heterocycles. The molecule has 0 unspecified atom stereocenters. The topological polar surface area (TPSA) is 54.7 Å². The van der Waals surface area contributed by atoms with E-state index in [-0.39, 0.29) is 16.9 Å². The Balaban J connectivity index is 1.61. The van der Waals surface area contributed by atoms with Crippen LogP contribution in [-0.4, -0.2) is 26.7 Å². The van der Waals surface area contributed by atoms with Crippen molar-refractivity contribution in [3.63, 3.8) is 0 Å². The Morgan fingerprint density at radius 2 is 2.00 bits per heavy atom. The van der Waals surface area contributed by atoms with Gasteiger partial charge in [0.2, 0.25) is 5.91 Å². The molecule has 1 spiro atoms. The minimum atomic E-state index is -0.0854. The van der Waals surface area contributed by atoms with Gasteiger partial charge in [0.25, 0.3) is 5.56 Å². The van der Waals surface area contributed by atoms with Crippen LogP contribution in [0.2, 0.25) is 0 Å². The number of pyridine rings is 1. The third kappa shape index (κ3) is 2.62. The molecule has 24 heavy (non-hydrogen) atoms. The molecule has 1 aliphatic heterocycles. The van der Waals surface area contributed by atoms with Crippen molar-refractivity contribution >= 4 is 11.6 Å². The van der Waals surface area contributed by atoms with Crippen molar-refractivity contribution in [3.8, 4) is 0 Å². The highest BCUT2D eigenvalue weighted by Gasteiger charge is 2.43. The van der Waals surface area contributed by atoms with E-state index in [9.17, 15) is 9.59 Å². The summed E-state index contributed by atoms with van der Waals surface area (Å²) in [5.41, 5.74) is 2.43. The number of rotatable bonds is 2. The van der Waals surface area contributed by atoms with Crippen molar-refractivity contribution in [2.24, 2.45) is 5.41 Å². The Morgan fingerprint density at radius 1 is 1.21 bits per heavy atom. The van der Waals surface area contributed by atoms with Gasteiger partial charge in [-0.1, -0.05) is 25.3 Å². The van der Waals surface area contributed by atoms with Crippen LogP contribution in [0.5, 0.6) is 0 Å². The van der Waals surface area contributed by atoms with Gasteiger partial charge in [0.1, 0.15) is 5.65 Å². The summed E-state index contributed by atoms with van der Waals surface area (Å²) in [7, 11) is 0. The highest BCUT2D eigenvalue weighted by Crippen LogP contribution is 2.44. The minimum Gasteiger partial charge on any atom is -0.336 e. The van der Waals surface area contributed by atoms with Crippen molar-refractivity contribution in [2.45, 2.75) is 52.0 Å². The molecular formula is C19H23N3O2. The van der Waals surface area contributed by atoms with Crippen molar-refractivity contribution in [2.75, 3.05) is 6.54 Å². The molecule has 1 aliphatic carbocycles. The molecule has 2 fully saturated rings. The third-order valence-corrected chi connectivity index (χ3v) is 5.61. The zero-order chi connectivity index (χ0) is 16.7. The summed E-state index contributed by atoms with van der Waals surface area (Å²) in [6.07, 6.45) is 8.46. The lowest BCUT2D eigenvalue weighted by molar-refractivity contribution is -0.128. The van der Waals surface area contributed by atoms with Crippen LogP contribution in [0.4, 0.5) is 0 Å². The van der Waals surface area contributed by atoms with E-state index >= 15 is 0 Å². The zero-order valence-corrected chi connectivity index (χ0v) is 14.1. The largest absolute Gasteiger partial charge is 0.336 e. The van der Waals surface area contributed by atoms with Gasteiger partial charge in [0.05, 0.1) is 12.2 Å². The quantitative estimate of drug-likeness (QED) is 0.853. The minimum absolute atomic E-state index is 0.0854. The molecule has 1 saturated carbocycles. The second kappa shape index (κ2) is 5.72. The number of fused-ring (bicyclic) bond motifs is 1. The second-order valence-electron chi connectivity index (χ2n) is 7.46. The zero-order valence-electron chi connectivity index (χ0n) is 14.1. The van der Waals surface area contributed by atoms with E-state index in [1.807, 2.05) is 24.0 Å². The lowest BCUT2D eigenvalue weighted by atomic mass is 9.73. The van der Waals surface area contributed by atoms with Crippen LogP contribution in [0, 0.1) is 12.3 Å². The summed E-state index contributed by atoms with van der Waals surface area (Å²) >= 11 is 0. The Morgan fingerprint density at radius 3 is 2.79 bits per heavy atom. The maximum Gasteiger partial charge on any atom is 0.258 e. The first-order valence-corrected chi connectivity index (χ1v) is 8.82. The summed E-state index contributed by atoms with van der Waals surface area (Å²) in [4.78, 5) is 31.3. The fraction of sp³-hybridized carbons (Fsp3) is 0.526. The number of amides is 1. The molecule has 0 atom stereocenters. The number of carbonyl (C=O) groups is 1. The van der Waals surface area contributed by atoms with Gasteiger partial charge in [-0.3, -0.25) is 14.0 Å². The van der Waals surface area contributed by atoms with Crippen LogP contribution in [-0.2, 0) is 11.3 Å². The maximum atomic E-state index is 12.5. The van der Waals surface area contributed by atoms with E-state index < -0.39 is 0 Å². The average molecular weight is 325 g/mol. The molecule has 5 heteroatoms. The molecule has 2 aliphatic rings. The molecule has 126 valence electrons. The van der Waals surface area contributed by atoms with E-state index in [0.717, 1.165) is 24.9 Å². The van der Waals surface area contributed by atoms with Gasteiger partial charge in [-0.15, -0.1) is 0 Å². The smallest absolute Gasteiger partial charge is 0.258 e. The fourth-order valence-corrected chi connectivity index (χ4v) is 4.35. The van der Waals surface area contributed by atoms with Crippen molar-refractivity contribution < 1.29 is 4.79 Å².